The molecule has 0 saturated carbocycles. The number of aromatic amines is 1. The normalized spacial score (nSPS) is 9.89. The highest BCUT2D eigenvalue weighted by Gasteiger charge is 2.10. The topological polar surface area (TPSA) is 59.9 Å². The van der Waals surface area contributed by atoms with E-state index in [9.17, 15) is 4.79 Å². The zero-order chi connectivity index (χ0) is 13.7. The Bertz CT molecular complexity index is 596. The number of nitrogens with one attached hydrogen (secondary N) is 1. The molecule has 1 N–H and O–H groups in total. The molecule has 0 aliphatic rings. The molecule has 0 spiro atoms. The second kappa shape index (κ2) is 5.87. The maximum absolute atomic E-state index is 12.0. The average Bonchev–Trinajstić information content (AvgIpc) is 2.91. The van der Waals surface area contributed by atoms with Crippen LogP contribution in [0.5, 0.6) is 0 Å². The van der Waals surface area contributed by atoms with Gasteiger partial charge in [-0.15, -0.1) is 0 Å². The fourth-order valence-corrected chi connectivity index (χ4v) is 1.88. The van der Waals surface area contributed by atoms with Crippen LogP contribution in [0.3, 0.4) is 0 Å². The van der Waals surface area contributed by atoms with E-state index < -0.39 is 0 Å². The van der Waals surface area contributed by atoms with Crippen molar-refractivity contribution in [3.8, 4) is 6.07 Å². The minimum atomic E-state index is 0.0461. The van der Waals surface area contributed by atoms with Crippen LogP contribution in [0, 0.1) is 11.3 Å². The van der Waals surface area contributed by atoms with Gasteiger partial charge in [-0.3, -0.25) is 4.79 Å². The number of carbonyl (C=O) groups is 1. The number of aromatic nitrogens is 1. The molecule has 1 aromatic heterocycles. The largest absolute Gasteiger partial charge is 0.365 e. The van der Waals surface area contributed by atoms with Gasteiger partial charge in [-0.1, -0.05) is 12.1 Å². The number of rotatable bonds is 4. The highest BCUT2D eigenvalue weighted by atomic mass is 16.2. The van der Waals surface area contributed by atoms with Crippen molar-refractivity contribution in [3.05, 3.63) is 59.4 Å². The molecule has 0 fully saturated rings. The summed E-state index contributed by atoms with van der Waals surface area (Å²) in [6, 6.07) is 13.2. The summed E-state index contributed by atoms with van der Waals surface area (Å²) >= 11 is 0. The molecule has 0 bridgehead atoms. The number of likely N-dealkylation sites (N-methyl/N-ethyl adjacent to an activating group) is 1. The summed E-state index contributed by atoms with van der Waals surface area (Å²) in [5, 5.41) is 8.84. The number of hydrogen-bond donors (Lipinski definition) is 1. The van der Waals surface area contributed by atoms with Gasteiger partial charge in [0.2, 0.25) is 5.91 Å². The van der Waals surface area contributed by atoms with Gasteiger partial charge in [-0.2, -0.15) is 5.26 Å². The Morgan fingerprint density at radius 1 is 1.37 bits per heavy atom. The highest BCUT2D eigenvalue weighted by molar-refractivity contribution is 5.78. The number of amides is 1. The van der Waals surface area contributed by atoms with Gasteiger partial charge in [0.15, 0.2) is 0 Å². The summed E-state index contributed by atoms with van der Waals surface area (Å²) in [4.78, 5) is 16.7. The molecule has 96 valence electrons. The molecule has 0 aliphatic carbocycles. The van der Waals surface area contributed by atoms with Crippen molar-refractivity contribution in [2.75, 3.05) is 7.05 Å². The summed E-state index contributed by atoms with van der Waals surface area (Å²) in [7, 11) is 1.77. The maximum Gasteiger partial charge on any atom is 0.228 e. The zero-order valence-electron chi connectivity index (χ0n) is 10.8. The third-order valence-corrected chi connectivity index (χ3v) is 2.91. The maximum atomic E-state index is 12.0. The van der Waals surface area contributed by atoms with Crippen molar-refractivity contribution in [3.63, 3.8) is 0 Å². The van der Waals surface area contributed by atoms with E-state index in [-0.39, 0.29) is 5.91 Å². The lowest BCUT2D eigenvalue weighted by Crippen LogP contribution is -2.27. The number of H-pyrrole nitrogens is 1. The Morgan fingerprint density at radius 2 is 2.21 bits per heavy atom. The molecule has 2 aromatic rings. The number of benzene rings is 1. The van der Waals surface area contributed by atoms with Gasteiger partial charge in [0.1, 0.15) is 0 Å². The molecule has 4 nitrogen and oxygen atoms in total. The molecule has 0 unspecified atom stereocenters. The van der Waals surface area contributed by atoms with Crippen LogP contribution < -0.4 is 0 Å². The van der Waals surface area contributed by atoms with Gasteiger partial charge in [0.25, 0.3) is 0 Å². The van der Waals surface area contributed by atoms with Gasteiger partial charge < -0.3 is 9.88 Å². The van der Waals surface area contributed by atoms with Crippen molar-refractivity contribution in [1.29, 1.82) is 5.26 Å². The molecule has 0 aliphatic heterocycles. The Labute approximate surface area is 112 Å². The first-order chi connectivity index (χ1) is 9.19. The predicted molar refractivity (Wildman–Crippen MR) is 72.1 cm³/mol. The van der Waals surface area contributed by atoms with E-state index in [1.807, 2.05) is 24.3 Å². The first kappa shape index (κ1) is 12.9. The van der Waals surface area contributed by atoms with E-state index in [1.165, 1.54) is 0 Å². The van der Waals surface area contributed by atoms with Crippen LogP contribution in [0.1, 0.15) is 16.8 Å². The number of nitrogens with zero attached hydrogens (tertiary/aromatic N) is 2. The monoisotopic (exact) mass is 253 g/mol. The molecule has 19 heavy (non-hydrogen) atoms. The molecular formula is C15H15N3O. The van der Waals surface area contributed by atoms with E-state index in [2.05, 4.69) is 11.1 Å². The molecule has 1 amide bonds. The van der Waals surface area contributed by atoms with Crippen LogP contribution in [0.2, 0.25) is 0 Å². The Morgan fingerprint density at radius 3 is 2.89 bits per heavy atom. The third-order valence-electron chi connectivity index (χ3n) is 2.91. The zero-order valence-corrected chi connectivity index (χ0v) is 10.8. The Balaban J connectivity index is 1.98. The minimum absolute atomic E-state index is 0.0461. The molecule has 1 heterocycles. The van der Waals surface area contributed by atoms with E-state index in [1.54, 1.807) is 30.3 Å². The van der Waals surface area contributed by atoms with E-state index in [4.69, 9.17) is 5.26 Å². The van der Waals surface area contributed by atoms with Crippen LogP contribution >= 0.6 is 0 Å². The second-order valence-electron chi connectivity index (χ2n) is 4.43. The van der Waals surface area contributed by atoms with Gasteiger partial charge in [0.05, 0.1) is 18.1 Å². The van der Waals surface area contributed by atoms with Crippen LogP contribution in [0.4, 0.5) is 0 Å². The van der Waals surface area contributed by atoms with Crippen molar-refractivity contribution in [2.24, 2.45) is 0 Å². The first-order valence-electron chi connectivity index (χ1n) is 6.04. The summed E-state index contributed by atoms with van der Waals surface area (Å²) in [5.74, 6) is 0.0461. The van der Waals surface area contributed by atoms with Gasteiger partial charge in [-0.05, 0) is 29.8 Å². The fourth-order valence-electron chi connectivity index (χ4n) is 1.88. The van der Waals surface area contributed by atoms with E-state index >= 15 is 0 Å². The SMILES string of the molecule is CN(Cc1cccc(C#N)c1)C(=O)Cc1ccc[nH]1. The smallest absolute Gasteiger partial charge is 0.228 e. The molecule has 0 saturated heterocycles. The Hall–Kier alpha value is -2.54. The van der Waals surface area contributed by atoms with Gasteiger partial charge in [0, 0.05) is 25.5 Å². The van der Waals surface area contributed by atoms with Crippen molar-refractivity contribution < 1.29 is 4.79 Å². The fraction of sp³-hybridized carbons (Fsp3) is 0.200. The average molecular weight is 253 g/mol. The van der Waals surface area contributed by atoms with Crippen molar-refractivity contribution in [1.82, 2.24) is 9.88 Å². The minimum Gasteiger partial charge on any atom is -0.365 e. The van der Waals surface area contributed by atoms with Crippen LogP contribution in [-0.2, 0) is 17.8 Å². The van der Waals surface area contributed by atoms with Crippen LogP contribution in [-0.4, -0.2) is 22.8 Å². The van der Waals surface area contributed by atoms with Gasteiger partial charge >= 0.3 is 0 Å². The molecular weight excluding hydrogens is 238 g/mol. The van der Waals surface area contributed by atoms with Crippen molar-refractivity contribution >= 4 is 5.91 Å². The van der Waals surface area contributed by atoms with E-state index in [0.717, 1.165) is 11.3 Å². The lowest BCUT2D eigenvalue weighted by molar-refractivity contribution is -0.129. The third kappa shape index (κ3) is 3.46. The summed E-state index contributed by atoms with van der Waals surface area (Å²) in [6.45, 7) is 0.509. The molecule has 4 heteroatoms. The van der Waals surface area contributed by atoms with Crippen LogP contribution in [0.25, 0.3) is 0 Å². The van der Waals surface area contributed by atoms with E-state index in [0.29, 0.717) is 18.5 Å². The molecule has 0 atom stereocenters. The lowest BCUT2D eigenvalue weighted by atomic mass is 10.1. The summed E-state index contributed by atoms with van der Waals surface area (Å²) < 4.78 is 0. The highest BCUT2D eigenvalue weighted by Crippen LogP contribution is 2.08. The second-order valence-corrected chi connectivity index (χ2v) is 4.43. The molecule has 0 radical (unpaired) electrons. The Kier molecular flexibility index (Phi) is 3.99. The lowest BCUT2D eigenvalue weighted by Gasteiger charge is -2.17. The number of carbonyl (C=O) groups excluding carboxylic acids is 1. The molecule has 2 rings (SSSR count). The summed E-state index contributed by atoms with van der Waals surface area (Å²) in [5.41, 5.74) is 2.48. The number of hydrogen-bond acceptors (Lipinski definition) is 2. The quantitative estimate of drug-likeness (QED) is 0.907. The van der Waals surface area contributed by atoms with Crippen molar-refractivity contribution in [2.45, 2.75) is 13.0 Å². The predicted octanol–water partition coefficient (Wildman–Crippen LogP) is 2.09. The van der Waals surface area contributed by atoms with Crippen LogP contribution in [0.15, 0.2) is 42.6 Å². The molecule has 1 aromatic carbocycles. The van der Waals surface area contributed by atoms with Gasteiger partial charge in [-0.25, -0.2) is 0 Å². The number of nitriles is 1. The summed E-state index contributed by atoms with van der Waals surface area (Å²) in [6.07, 6.45) is 2.17. The standard InChI is InChI=1S/C15H15N3O/c1-18(15(19)9-14-6-3-7-17-14)11-13-5-2-4-12(8-13)10-16/h2-8,17H,9,11H2,1H3. The first-order valence-corrected chi connectivity index (χ1v) is 6.04.